The minimum Gasteiger partial charge on any atom is -0.445 e. The molecule has 4 heterocycles. The van der Waals surface area contributed by atoms with Crippen molar-refractivity contribution in [3.63, 3.8) is 0 Å². The Balaban J connectivity index is 0.711. The number of phosphoric ester groups is 1. The molecule has 7 N–H and O–H groups in total. The molecule has 0 unspecified atom stereocenters. The van der Waals surface area contributed by atoms with Crippen LogP contribution in [0.4, 0.5) is 31.4 Å². The molecule has 114 heavy (non-hydrogen) atoms. The molecule has 10 amide bonds. The number of hydrogen-bond donors (Lipinski definition) is 6. The van der Waals surface area contributed by atoms with Crippen molar-refractivity contribution >= 4 is 140 Å². The summed E-state index contributed by atoms with van der Waals surface area (Å²) in [6.07, 6.45) is 1.18. The van der Waals surface area contributed by atoms with Gasteiger partial charge in [-0.25, -0.2) is 18.9 Å². The minimum absolute atomic E-state index is 0.00631. The fraction of sp³-hybridized carbons (Fsp3) is 0.462. The van der Waals surface area contributed by atoms with E-state index in [1.807, 2.05) is 12.1 Å². The van der Waals surface area contributed by atoms with Gasteiger partial charge in [0.15, 0.2) is 5.78 Å². The molecule has 0 aliphatic carbocycles. The lowest BCUT2D eigenvalue weighted by Gasteiger charge is -2.25. The van der Waals surface area contributed by atoms with Gasteiger partial charge < -0.3 is 88.4 Å². The molecular formula is C78H96Cl2N9O23PS. The van der Waals surface area contributed by atoms with Crippen LogP contribution in [-0.4, -0.2) is 248 Å². The number of amides is 10. The first-order valence-corrected chi connectivity index (χ1v) is 40.6. The lowest BCUT2D eigenvalue weighted by Crippen LogP contribution is -2.45. The average molecular weight is 1660 g/mol. The van der Waals surface area contributed by atoms with Crippen molar-refractivity contribution in [2.75, 3.05) is 173 Å². The maximum absolute atomic E-state index is 14.8. The number of nitrogens with one attached hydrogen (secondary N) is 3. The molecule has 3 aliphatic rings. The van der Waals surface area contributed by atoms with E-state index in [-0.39, 0.29) is 173 Å². The molecule has 0 saturated heterocycles. The first-order valence-electron chi connectivity index (χ1n) is 37.2. The predicted molar refractivity (Wildman–Crippen MR) is 425 cm³/mol. The van der Waals surface area contributed by atoms with Gasteiger partial charge >= 0.3 is 26.0 Å². The molecule has 0 saturated carbocycles. The van der Waals surface area contributed by atoms with Crippen LogP contribution in [0.1, 0.15) is 87.4 Å². The smallest absolute Gasteiger partial charge is 0.445 e. The number of halogens is 2. The Bertz CT molecular complexity index is 4420. The van der Waals surface area contributed by atoms with Gasteiger partial charge in [0.25, 0.3) is 23.6 Å². The number of carbonyl (C=O) groups is 10. The molecule has 616 valence electrons. The van der Waals surface area contributed by atoms with Crippen molar-refractivity contribution in [1.82, 2.24) is 25.3 Å². The van der Waals surface area contributed by atoms with Crippen LogP contribution < -0.4 is 40.7 Å². The largest absolute Gasteiger partial charge is 0.524 e. The number of methoxy groups -OCH3 is 1. The highest BCUT2D eigenvalue weighted by atomic mass is 35.5. The number of primary amides is 1. The Morgan fingerprint density at radius 2 is 1.16 bits per heavy atom. The molecule has 1 aromatic heterocycles. The van der Waals surface area contributed by atoms with E-state index in [1.54, 1.807) is 97.6 Å². The lowest BCUT2D eigenvalue weighted by atomic mass is 9.89. The van der Waals surface area contributed by atoms with Gasteiger partial charge in [-0.05, 0) is 70.5 Å². The summed E-state index contributed by atoms with van der Waals surface area (Å²) in [4.78, 5) is 160. The van der Waals surface area contributed by atoms with Gasteiger partial charge in [-0.1, -0.05) is 74.5 Å². The topological polar surface area (TPSA) is 399 Å². The van der Waals surface area contributed by atoms with E-state index in [0.29, 0.717) is 109 Å². The van der Waals surface area contributed by atoms with Gasteiger partial charge in [-0.2, -0.15) is 0 Å². The first-order chi connectivity index (χ1) is 54.9. The maximum Gasteiger partial charge on any atom is 0.524 e. The Hall–Kier alpha value is -9.19. The number of urea groups is 1. The first kappa shape index (κ1) is 88.8. The van der Waals surface area contributed by atoms with Gasteiger partial charge in [0.2, 0.25) is 11.8 Å². The summed E-state index contributed by atoms with van der Waals surface area (Å²) < 4.78 is 67.5. The third-order valence-electron chi connectivity index (χ3n) is 18.9. The number of Topliss-reactive ketones (excluding diaryl/α,β-unsaturated/α-hetero) is 1. The van der Waals surface area contributed by atoms with E-state index in [9.17, 15) is 62.3 Å². The molecular weight excluding hydrogens is 1560 g/mol. The number of benzene rings is 5. The number of fused-ring (bicyclic) bond motifs is 6. The summed E-state index contributed by atoms with van der Waals surface area (Å²) in [7, 11) is -2.04. The Morgan fingerprint density at radius 3 is 1.67 bits per heavy atom. The highest BCUT2D eigenvalue weighted by Crippen LogP contribution is 2.51. The zero-order valence-electron chi connectivity index (χ0n) is 63.8. The Kier molecular flexibility index (Phi) is 34.3. The van der Waals surface area contributed by atoms with Crippen LogP contribution in [0.3, 0.4) is 0 Å². The van der Waals surface area contributed by atoms with E-state index in [4.69, 9.17) is 76.1 Å². The molecule has 0 spiro atoms. The van der Waals surface area contributed by atoms with Crippen molar-refractivity contribution in [3.8, 4) is 11.5 Å². The van der Waals surface area contributed by atoms with Crippen LogP contribution in [0.25, 0.3) is 21.5 Å². The van der Waals surface area contributed by atoms with Gasteiger partial charge in [-0.3, -0.25) is 48.2 Å². The fourth-order valence-corrected chi connectivity index (χ4v) is 14.9. The van der Waals surface area contributed by atoms with E-state index in [1.165, 1.54) is 47.1 Å². The summed E-state index contributed by atoms with van der Waals surface area (Å²) >= 11 is 14.1. The molecule has 0 bridgehead atoms. The standard InChI is InChI=1S/C78H96Cl2N9O23PS/c1-50(2)72(84-67(91)23-29-104-32-34-106-36-38-108-40-41-109-39-37-107-35-33-105-31-28-87-68(92)21-22-69(87)93)62(90)42-52(10-9-24-82-76(81)97)73(94)83-55-17-15-51(16-18-55)49-110-77(98)85(3)25-26-86(27-30-103-4)78(99)111-63-43-60-70(58-13-7-5-11-56(58)63)53(45-79)47-88(60)74(95)65-19-20-66(114-65)75(96)89-48-54(46-80)71-59-14-8-6-12-57(59)64(44-61(71)89)112-113(100,101)102/h5-8,11-22,43-44,50,52-54,72H,9-10,23-42,45-49H2,1-4H3,(H,83,94)(H,84,91)(H3,81,82,97)(H2,100,101,102)/t52-,53-,54-,72+/m1/s1. The van der Waals surface area contributed by atoms with Crippen molar-refractivity contribution in [2.24, 2.45) is 17.6 Å². The van der Waals surface area contributed by atoms with Crippen LogP contribution in [0.15, 0.2) is 109 Å². The molecule has 0 radical (unpaired) electrons. The maximum atomic E-state index is 14.8. The van der Waals surface area contributed by atoms with Crippen LogP contribution in [0.2, 0.25) is 0 Å². The number of nitrogens with two attached hydrogens (primary N) is 1. The highest BCUT2D eigenvalue weighted by molar-refractivity contribution is 7.46. The molecule has 4 atom stereocenters. The number of ether oxygens (including phenoxy) is 9. The summed E-state index contributed by atoms with van der Waals surface area (Å²) in [6.45, 7) is 7.63. The number of hydrogen-bond acceptors (Lipinski definition) is 22. The van der Waals surface area contributed by atoms with E-state index >= 15 is 0 Å². The molecule has 6 aromatic rings. The van der Waals surface area contributed by atoms with Crippen molar-refractivity contribution < 1.29 is 109 Å². The van der Waals surface area contributed by atoms with Gasteiger partial charge in [0.1, 0.15) is 18.1 Å². The van der Waals surface area contributed by atoms with E-state index in [2.05, 4.69) is 16.0 Å². The van der Waals surface area contributed by atoms with Gasteiger partial charge in [0, 0.05) is 137 Å². The molecule has 36 heteroatoms. The Labute approximate surface area is 673 Å². The van der Waals surface area contributed by atoms with Gasteiger partial charge in [0.05, 0.1) is 120 Å². The van der Waals surface area contributed by atoms with Gasteiger partial charge in [-0.15, -0.1) is 34.5 Å². The van der Waals surface area contributed by atoms with Crippen molar-refractivity contribution in [2.45, 2.75) is 64.0 Å². The summed E-state index contributed by atoms with van der Waals surface area (Å²) in [5.41, 5.74) is 8.50. The third kappa shape index (κ3) is 25.2. The number of alkyl halides is 2. The second-order valence-corrected chi connectivity index (χ2v) is 30.0. The average Bonchev–Trinajstić information content (AvgIpc) is 1.57. The summed E-state index contributed by atoms with van der Waals surface area (Å²) in [5, 5.41) is 10.5. The second-order valence-electron chi connectivity index (χ2n) is 27.2. The zero-order valence-corrected chi connectivity index (χ0v) is 67.0. The van der Waals surface area contributed by atoms with Crippen molar-refractivity contribution in [1.29, 1.82) is 0 Å². The predicted octanol–water partition coefficient (Wildman–Crippen LogP) is 8.73. The van der Waals surface area contributed by atoms with Crippen LogP contribution in [0, 0.1) is 11.8 Å². The van der Waals surface area contributed by atoms with E-state index in [0.717, 1.165) is 21.8 Å². The lowest BCUT2D eigenvalue weighted by molar-refractivity contribution is -0.137. The second kappa shape index (κ2) is 44.1. The minimum atomic E-state index is -5.02. The number of nitrogens with zero attached hydrogens (tertiary/aromatic N) is 5. The molecule has 32 nitrogen and oxygen atoms in total. The monoisotopic (exact) mass is 1660 g/mol. The Morgan fingerprint density at radius 1 is 0.649 bits per heavy atom. The number of ketones is 1. The highest BCUT2D eigenvalue weighted by Gasteiger charge is 2.40. The molecule has 5 aromatic carbocycles. The number of phosphoric acid groups is 1. The number of likely N-dealkylation sites (N-methyl/N-ethyl adjacent to an activating group) is 1. The normalized spacial score (nSPS) is 15.0. The number of carbonyl (C=O) groups excluding carboxylic acids is 10. The zero-order chi connectivity index (χ0) is 81.8. The molecule has 9 rings (SSSR count). The van der Waals surface area contributed by atoms with Crippen molar-refractivity contribution in [3.05, 3.63) is 136 Å². The number of anilines is 3. The quantitative estimate of drug-likeness (QED) is 0.00899. The number of thiophene rings is 1. The number of rotatable bonds is 47. The van der Waals surface area contributed by atoms with Crippen LogP contribution >= 0.6 is 42.4 Å². The fourth-order valence-electron chi connectivity index (χ4n) is 13.1. The van der Waals surface area contributed by atoms with E-state index < -0.39 is 61.6 Å². The van der Waals surface area contributed by atoms with Crippen LogP contribution in [0.5, 0.6) is 11.5 Å². The summed E-state index contributed by atoms with van der Waals surface area (Å²) in [5.74, 6) is -4.50. The van der Waals surface area contributed by atoms with Crippen LogP contribution in [-0.2, 0) is 73.0 Å². The SMILES string of the molecule is COCCN(CCN(C)C(=O)OCc1ccc(NC(=O)[C@H](CCCNC(N)=O)CC(=O)[C@@H](NC(=O)CCOCCOCCOCCOCCOCCOCCN2C(=O)C=CC2=O)C(C)C)cc1)C(=O)Oc1cc2c(c3ccccc13)[C@H](CCl)CN2C(=O)c1ccc(C(=O)N2C[C@@H](CCl)c3c2cc(OP(=O)(O)O)c2ccccc32)s1. The number of imide groups is 1. The molecule has 3 aliphatic heterocycles. The summed E-state index contributed by atoms with van der Waals surface area (Å²) in [6, 6.07) is 25.1. The molecule has 0 fully saturated rings. The third-order valence-corrected chi connectivity index (χ3v) is 21.1.